The van der Waals surface area contributed by atoms with Crippen LogP contribution in [0.25, 0.3) is 0 Å². The van der Waals surface area contributed by atoms with Gasteiger partial charge in [-0.2, -0.15) is 0 Å². The molecular weight excluding hydrogens is 294 g/mol. The number of thioether (sulfide) groups is 1. The Kier molecular flexibility index (Phi) is 4.62. The summed E-state index contributed by atoms with van der Waals surface area (Å²) < 4.78 is 0. The Morgan fingerprint density at radius 1 is 1.27 bits per heavy atom. The van der Waals surface area contributed by atoms with E-state index in [0.717, 1.165) is 60.0 Å². The SMILES string of the molecule is CCc1ccnc(CC)c1CSc1nc2c(c(=O)[nH]1)CCC2. The normalized spacial score (nSPS) is 13.4. The van der Waals surface area contributed by atoms with Crippen LogP contribution in [0.3, 0.4) is 0 Å². The molecule has 0 aromatic carbocycles. The number of fused-ring (bicyclic) bond motifs is 1. The summed E-state index contributed by atoms with van der Waals surface area (Å²) in [4.78, 5) is 24.1. The molecule has 1 N–H and O–H groups in total. The van der Waals surface area contributed by atoms with Crippen molar-refractivity contribution in [2.24, 2.45) is 0 Å². The Bertz CT molecular complexity index is 717. The van der Waals surface area contributed by atoms with Crippen molar-refractivity contribution in [2.45, 2.75) is 56.9 Å². The Morgan fingerprint density at radius 2 is 2.14 bits per heavy atom. The monoisotopic (exact) mass is 315 g/mol. The van der Waals surface area contributed by atoms with E-state index in [1.807, 2.05) is 6.20 Å². The molecule has 2 heterocycles. The Hall–Kier alpha value is -1.62. The van der Waals surface area contributed by atoms with Gasteiger partial charge in [-0.3, -0.25) is 9.78 Å². The van der Waals surface area contributed by atoms with Crippen molar-refractivity contribution in [1.29, 1.82) is 0 Å². The number of rotatable bonds is 5. The molecule has 0 radical (unpaired) electrons. The third kappa shape index (κ3) is 2.95. The van der Waals surface area contributed by atoms with Gasteiger partial charge in [0.05, 0.1) is 5.69 Å². The zero-order valence-electron chi connectivity index (χ0n) is 13.1. The maximum Gasteiger partial charge on any atom is 0.254 e. The summed E-state index contributed by atoms with van der Waals surface area (Å²) >= 11 is 1.61. The highest BCUT2D eigenvalue weighted by atomic mass is 32.2. The molecule has 1 aliphatic carbocycles. The molecule has 0 amide bonds. The lowest BCUT2D eigenvalue weighted by Crippen LogP contribution is -2.15. The predicted octanol–water partition coefficient (Wildman–Crippen LogP) is 3.07. The lowest BCUT2D eigenvalue weighted by molar-refractivity contribution is 0.868. The van der Waals surface area contributed by atoms with E-state index in [1.165, 1.54) is 11.1 Å². The van der Waals surface area contributed by atoms with Crippen molar-refractivity contribution in [2.75, 3.05) is 0 Å². The Balaban J connectivity index is 1.84. The minimum atomic E-state index is 0.0441. The first kappa shape index (κ1) is 15.3. The number of aromatic amines is 1. The van der Waals surface area contributed by atoms with Gasteiger partial charge in [0.15, 0.2) is 5.16 Å². The van der Waals surface area contributed by atoms with Crippen molar-refractivity contribution >= 4 is 11.8 Å². The van der Waals surface area contributed by atoms with Crippen LogP contribution < -0.4 is 5.56 Å². The number of nitrogens with zero attached hydrogens (tertiary/aromatic N) is 2. The first-order valence-corrected chi connectivity index (χ1v) is 8.92. The molecule has 0 saturated carbocycles. The average Bonchev–Trinajstić information content (AvgIpc) is 3.01. The molecule has 0 unspecified atom stereocenters. The summed E-state index contributed by atoms with van der Waals surface area (Å²) in [5.74, 6) is 0.807. The minimum Gasteiger partial charge on any atom is -0.301 e. The highest BCUT2D eigenvalue weighted by Gasteiger charge is 2.17. The zero-order valence-corrected chi connectivity index (χ0v) is 13.9. The number of H-pyrrole nitrogens is 1. The number of aryl methyl sites for hydroxylation is 3. The lowest BCUT2D eigenvalue weighted by Gasteiger charge is -2.11. The molecular formula is C17H21N3OS. The van der Waals surface area contributed by atoms with Gasteiger partial charge in [-0.25, -0.2) is 4.98 Å². The Morgan fingerprint density at radius 3 is 2.91 bits per heavy atom. The van der Waals surface area contributed by atoms with Crippen LogP contribution >= 0.6 is 11.8 Å². The van der Waals surface area contributed by atoms with Gasteiger partial charge in [0.2, 0.25) is 0 Å². The first-order valence-electron chi connectivity index (χ1n) is 7.93. The highest BCUT2D eigenvalue weighted by Crippen LogP contribution is 2.25. The summed E-state index contributed by atoms with van der Waals surface area (Å²) in [6.07, 6.45) is 6.66. The largest absolute Gasteiger partial charge is 0.301 e. The topological polar surface area (TPSA) is 58.6 Å². The van der Waals surface area contributed by atoms with Crippen LogP contribution in [0, 0.1) is 0 Å². The van der Waals surface area contributed by atoms with E-state index in [4.69, 9.17) is 0 Å². The smallest absolute Gasteiger partial charge is 0.254 e. The quantitative estimate of drug-likeness (QED) is 0.680. The van der Waals surface area contributed by atoms with E-state index >= 15 is 0 Å². The van der Waals surface area contributed by atoms with E-state index in [1.54, 1.807) is 11.8 Å². The molecule has 116 valence electrons. The van der Waals surface area contributed by atoms with Crippen LogP contribution in [0.2, 0.25) is 0 Å². The molecule has 22 heavy (non-hydrogen) atoms. The predicted molar refractivity (Wildman–Crippen MR) is 89.4 cm³/mol. The van der Waals surface area contributed by atoms with Crippen molar-refractivity contribution in [1.82, 2.24) is 15.0 Å². The molecule has 2 aromatic heterocycles. The summed E-state index contributed by atoms with van der Waals surface area (Å²) in [7, 11) is 0. The van der Waals surface area contributed by atoms with Gasteiger partial charge in [0.1, 0.15) is 0 Å². The molecule has 3 rings (SSSR count). The number of nitrogens with one attached hydrogen (secondary N) is 1. The lowest BCUT2D eigenvalue weighted by atomic mass is 10.0. The molecule has 0 saturated heterocycles. The summed E-state index contributed by atoms with van der Waals surface area (Å²) in [5, 5.41) is 0.735. The van der Waals surface area contributed by atoms with Crippen molar-refractivity contribution in [3.8, 4) is 0 Å². The molecule has 0 atom stereocenters. The average molecular weight is 315 g/mol. The molecule has 4 nitrogen and oxygen atoms in total. The van der Waals surface area contributed by atoms with Crippen molar-refractivity contribution in [3.05, 3.63) is 50.7 Å². The van der Waals surface area contributed by atoms with Crippen LogP contribution in [-0.2, 0) is 31.4 Å². The van der Waals surface area contributed by atoms with Crippen LogP contribution in [-0.4, -0.2) is 15.0 Å². The van der Waals surface area contributed by atoms with Crippen molar-refractivity contribution < 1.29 is 0 Å². The molecule has 0 aliphatic heterocycles. The fourth-order valence-corrected chi connectivity index (χ4v) is 3.99. The Labute approximate surface area is 134 Å². The fraction of sp³-hybridized carbons (Fsp3) is 0.471. The third-order valence-electron chi connectivity index (χ3n) is 4.23. The van der Waals surface area contributed by atoms with E-state index in [0.29, 0.717) is 0 Å². The molecule has 2 aromatic rings. The summed E-state index contributed by atoms with van der Waals surface area (Å²) in [6.45, 7) is 4.30. The number of hydrogen-bond acceptors (Lipinski definition) is 4. The standard InChI is InChI=1S/C17H21N3OS/c1-3-11-8-9-18-14(4-2)13(11)10-22-17-19-15-7-5-6-12(15)16(21)20-17/h8-9H,3-7,10H2,1-2H3,(H,19,20,21). The van der Waals surface area contributed by atoms with E-state index in [2.05, 4.69) is 34.9 Å². The van der Waals surface area contributed by atoms with Gasteiger partial charge in [-0.1, -0.05) is 25.6 Å². The molecule has 0 spiro atoms. The maximum absolute atomic E-state index is 12.1. The van der Waals surface area contributed by atoms with Gasteiger partial charge in [-0.15, -0.1) is 0 Å². The van der Waals surface area contributed by atoms with E-state index < -0.39 is 0 Å². The highest BCUT2D eigenvalue weighted by molar-refractivity contribution is 7.98. The van der Waals surface area contributed by atoms with Crippen LogP contribution in [0.5, 0.6) is 0 Å². The molecule has 0 bridgehead atoms. The minimum absolute atomic E-state index is 0.0441. The van der Waals surface area contributed by atoms with Gasteiger partial charge in [0, 0.05) is 23.2 Å². The van der Waals surface area contributed by atoms with Gasteiger partial charge in [0.25, 0.3) is 5.56 Å². The second kappa shape index (κ2) is 6.65. The first-order chi connectivity index (χ1) is 10.7. The maximum atomic E-state index is 12.1. The van der Waals surface area contributed by atoms with Crippen LogP contribution in [0.15, 0.2) is 22.2 Å². The summed E-state index contributed by atoms with van der Waals surface area (Å²) in [5.41, 5.74) is 5.69. The van der Waals surface area contributed by atoms with Gasteiger partial charge >= 0.3 is 0 Å². The molecule has 1 aliphatic rings. The molecule has 5 heteroatoms. The molecule has 0 fully saturated rings. The van der Waals surface area contributed by atoms with Gasteiger partial charge in [-0.05, 0) is 49.3 Å². The summed E-state index contributed by atoms with van der Waals surface area (Å²) in [6, 6.07) is 2.09. The van der Waals surface area contributed by atoms with Crippen LogP contribution in [0.1, 0.15) is 48.3 Å². The second-order valence-corrected chi connectivity index (χ2v) is 6.51. The number of aromatic nitrogens is 3. The van der Waals surface area contributed by atoms with Crippen LogP contribution in [0.4, 0.5) is 0 Å². The zero-order chi connectivity index (χ0) is 15.5. The van der Waals surface area contributed by atoms with Crippen molar-refractivity contribution in [3.63, 3.8) is 0 Å². The third-order valence-corrected chi connectivity index (χ3v) is 5.13. The number of hydrogen-bond donors (Lipinski definition) is 1. The number of pyridine rings is 1. The van der Waals surface area contributed by atoms with Gasteiger partial charge < -0.3 is 4.98 Å². The fourth-order valence-electron chi connectivity index (χ4n) is 3.02. The second-order valence-electron chi connectivity index (χ2n) is 5.54. The van der Waals surface area contributed by atoms with E-state index in [-0.39, 0.29) is 5.56 Å². The van der Waals surface area contributed by atoms with E-state index in [9.17, 15) is 4.79 Å².